The third kappa shape index (κ3) is 2.94. The second-order valence-corrected chi connectivity index (χ2v) is 8.09. The first-order valence-electron chi connectivity index (χ1n) is 8.47. The average Bonchev–Trinajstić information content (AvgIpc) is 2.88. The van der Waals surface area contributed by atoms with Gasteiger partial charge in [0.25, 0.3) is 0 Å². The van der Waals surface area contributed by atoms with Crippen molar-refractivity contribution < 1.29 is 9.59 Å². The van der Waals surface area contributed by atoms with Gasteiger partial charge in [-0.2, -0.15) is 0 Å². The van der Waals surface area contributed by atoms with Crippen molar-refractivity contribution in [2.75, 3.05) is 13.1 Å². The molecule has 122 valence electrons. The average molecular weight is 330 g/mol. The topological polar surface area (TPSA) is 49.4 Å². The van der Waals surface area contributed by atoms with Gasteiger partial charge in [0, 0.05) is 41.4 Å². The van der Waals surface area contributed by atoms with Crippen LogP contribution in [-0.4, -0.2) is 35.8 Å². The minimum Gasteiger partial charge on any atom is -0.353 e. The van der Waals surface area contributed by atoms with E-state index in [2.05, 4.69) is 5.32 Å². The van der Waals surface area contributed by atoms with E-state index in [1.807, 2.05) is 28.5 Å². The van der Waals surface area contributed by atoms with Crippen molar-refractivity contribution in [2.24, 2.45) is 11.3 Å². The van der Waals surface area contributed by atoms with Gasteiger partial charge in [-0.25, -0.2) is 0 Å². The van der Waals surface area contributed by atoms with Crippen molar-refractivity contribution in [3.8, 4) is 0 Å². The summed E-state index contributed by atoms with van der Waals surface area (Å²) in [7, 11) is 0. The standard InChI is InChI=1S/C18H22N2O2S/c21-16(7-6-14-5-2-10-23-14)20-9-8-18(12-20)11-15(18)17(22)19-13-3-1-4-13/h2,5-7,10,13,15H,1,3-4,8-9,11-12H2,(H,19,22)/b7-6+. The number of hydrogen-bond acceptors (Lipinski definition) is 3. The maximum atomic E-state index is 12.3. The number of hydrogen-bond donors (Lipinski definition) is 1. The Kier molecular flexibility index (Phi) is 3.76. The fraction of sp³-hybridized carbons (Fsp3) is 0.556. The van der Waals surface area contributed by atoms with E-state index in [0.29, 0.717) is 6.04 Å². The Morgan fingerprint density at radius 1 is 1.39 bits per heavy atom. The van der Waals surface area contributed by atoms with Crippen LogP contribution in [0.1, 0.15) is 37.0 Å². The van der Waals surface area contributed by atoms with Crippen LogP contribution in [0.25, 0.3) is 6.08 Å². The molecule has 2 saturated carbocycles. The Labute approximate surface area is 140 Å². The van der Waals surface area contributed by atoms with E-state index in [9.17, 15) is 9.59 Å². The third-order valence-corrected chi connectivity index (χ3v) is 6.43. The molecule has 2 atom stereocenters. The molecule has 23 heavy (non-hydrogen) atoms. The number of amides is 2. The van der Waals surface area contributed by atoms with E-state index in [0.717, 1.165) is 43.6 Å². The van der Waals surface area contributed by atoms with E-state index < -0.39 is 0 Å². The number of nitrogens with zero attached hydrogens (tertiary/aromatic N) is 1. The lowest BCUT2D eigenvalue weighted by Crippen LogP contribution is -2.41. The summed E-state index contributed by atoms with van der Waals surface area (Å²) < 4.78 is 0. The highest BCUT2D eigenvalue weighted by molar-refractivity contribution is 7.10. The summed E-state index contributed by atoms with van der Waals surface area (Å²) >= 11 is 1.63. The van der Waals surface area contributed by atoms with Crippen LogP contribution < -0.4 is 5.32 Å². The molecule has 2 unspecified atom stereocenters. The van der Waals surface area contributed by atoms with Crippen molar-refractivity contribution in [2.45, 2.75) is 38.1 Å². The predicted molar refractivity (Wildman–Crippen MR) is 90.9 cm³/mol. The fourth-order valence-electron chi connectivity index (χ4n) is 3.75. The molecular weight excluding hydrogens is 308 g/mol. The Bertz CT molecular complexity index is 635. The van der Waals surface area contributed by atoms with E-state index in [4.69, 9.17) is 0 Å². The van der Waals surface area contributed by atoms with Gasteiger partial charge in [0.15, 0.2) is 0 Å². The molecule has 0 bridgehead atoms. The predicted octanol–water partition coefficient (Wildman–Crippen LogP) is 2.67. The molecular formula is C18H22N2O2S. The van der Waals surface area contributed by atoms with Crippen LogP contribution in [0.3, 0.4) is 0 Å². The molecule has 2 amide bonds. The summed E-state index contributed by atoms with van der Waals surface area (Å²) in [6.45, 7) is 1.52. The summed E-state index contributed by atoms with van der Waals surface area (Å²) in [5, 5.41) is 5.17. The molecule has 1 spiro atoms. The van der Waals surface area contributed by atoms with Crippen molar-refractivity contribution >= 4 is 29.2 Å². The van der Waals surface area contributed by atoms with Crippen LogP contribution in [-0.2, 0) is 9.59 Å². The van der Waals surface area contributed by atoms with E-state index in [1.165, 1.54) is 6.42 Å². The van der Waals surface area contributed by atoms with Gasteiger partial charge in [0.1, 0.15) is 0 Å². The minimum absolute atomic E-state index is 0.0697. The molecule has 1 saturated heterocycles. The van der Waals surface area contributed by atoms with Crippen molar-refractivity contribution in [1.29, 1.82) is 0 Å². The lowest BCUT2D eigenvalue weighted by molar-refractivity contribution is -0.126. The number of thiophene rings is 1. The van der Waals surface area contributed by atoms with Gasteiger partial charge in [0.05, 0.1) is 0 Å². The minimum atomic E-state index is 0.0697. The molecule has 0 radical (unpaired) electrons. The summed E-state index contributed by atoms with van der Waals surface area (Å²) in [4.78, 5) is 27.6. The van der Waals surface area contributed by atoms with Gasteiger partial charge in [-0.05, 0) is 49.6 Å². The van der Waals surface area contributed by atoms with Crippen LogP contribution in [0.15, 0.2) is 23.6 Å². The zero-order valence-corrected chi connectivity index (χ0v) is 14.0. The summed E-state index contributed by atoms with van der Waals surface area (Å²) in [6, 6.07) is 4.39. The largest absolute Gasteiger partial charge is 0.353 e. The van der Waals surface area contributed by atoms with E-state index >= 15 is 0 Å². The molecule has 1 N–H and O–H groups in total. The van der Waals surface area contributed by atoms with E-state index in [-0.39, 0.29) is 23.1 Å². The van der Waals surface area contributed by atoms with Gasteiger partial charge in [0.2, 0.25) is 11.8 Å². The highest BCUT2D eigenvalue weighted by atomic mass is 32.1. The monoisotopic (exact) mass is 330 g/mol. The highest BCUT2D eigenvalue weighted by Crippen LogP contribution is 2.58. The maximum Gasteiger partial charge on any atom is 0.246 e. The fourth-order valence-corrected chi connectivity index (χ4v) is 4.37. The summed E-state index contributed by atoms with van der Waals surface area (Å²) in [5.74, 6) is 0.417. The number of nitrogens with one attached hydrogen (secondary N) is 1. The number of rotatable bonds is 4. The first kappa shape index (κ1) is 14.9. The first-order valence-corrected chi connectivity index (χ1v) is 9.35. The van der Waals surface area contributed by atoms with Crippen LogP contribution in [0.2, 0.25) is 0 Å². The Balaban J connectivity index is 1.31. The van der Waals surface area contributed by atoms with Crippen molar-refractivity contribution in [3.05, 3.63) is 28.5 Å². The molecule has 3 aliphatic rings. The zero-order valence-electron chi connectivity index (χ0n) is 13.2. The molecule has 5 heteroatoms. The van der Waals surface area contributed by atoms with Crippen LogP contribution in [0, 0.1) is 11.3 Å². The summed E-state index contributed by atoms with van der Waals surface area (Å²) in [5.41, 5.74) is 0.0697. The zero-order chi connectivity index (χ0) is 15.9. The van der Waals surface area contributed by atoms with Crippen LogP contribution >= 0.6 is 11.3 Å². The van der Waals surface area contributed by atoms with Gasteiger partial charge >= 0.3 is 0 Å². The lowest BCUT2D eigenvalue weighted by Gasteiger charge is -2.26. The third-order valence-electron chi connectivity index (χ3n) is 5.59. The van der Waals surface area contributed by atoms with Gasteiger partial charge in [-0.3, -0.25) is 9.59 Å². The SMILES string of the molecule is O=C(NC1CCC1)C1CC12CCN(C(=O)/C=C/c1cccs1)C2. The smallest absolute Gasteiger partial charge is 0.246 e. The van der Waals surface area contributed by atoms with Crippen LogP contribution in [0.5, 0.6) is 0 Å². The van der Waals surface area contributed by atoms with Crippen molar-refractivity contribution in [3.63, 3.8) is 0 Å². The second kappa shape index (κ2) is 5.78. The van der Waals surface area contributed by atoms with Crippen LogP contribution in [0.4, 0.5) is 0 Å². The molecule has 1 aliphatic heterocycles. The summed E-state index contributed by atoms with van der Waals surface area (Å²) in [6.07, 6.45) is 8.95. The maximum absolute atomic E-state index is 12.3. The van der Waals surface area contributed by atoms with E-state index in [1.54, 1.807) is 17.4 Å². The molecule has 4 rings (SSSR count). The van der Waals surface area contributed by atoms with Gasteiger partial charge in [-0.15, -0.1) is 11.3 Å². The second-order valence-electron chi connectivity index (χ2n) is 7.11. The molecule has 1 aromatic rings. The molecule has 4 nitrogen and oxygen atoms in total. The van der Waals surface area contributed by atoms with Gasteiger partial charge in [-0.1, -0.05) is 6.07 Å². The first-order chi connectivity index (χ1) is 11.2. The lowest BCUT2D eigenvalue weighted by atomic mass is 9.92. The Hall–Kier alpha value is -1.62. The number of carbonyl (C=O) groups excluding carboxylic acids is 2. The van der Waals surface area contributed by atoms with Gasteiger partial charge < -0.3 is 10.2 Å². The Morgan fingerprint density at radius 3 is 2.96 bits per heavy atom. The Morgan fingerprint density at radius 2 is 2.26 bits per heavy atom. The number of likely N-dealkylation sites (tertiary alicyclic amines) is 1. The molecule has 2 heterocycles. The molecule has 0 aromatic carbocycles. The van der Waals surface area contributed by atoms with Crippen molar-refractivity contribution in [1.82, 2.24) is 10.2 Å². The molecule has 2 aliphatic carbocycles. The quantitative estimate of drug-likeness (QED) is 0.863. The number of carbonyl (C=O) groups is 2. The normalized spacial score (nSPS) is 29.9. The molecule has 3 fully saturated rings. The molecule has 1 aromatic heterocycles. The highest BCUT2D eigenvalue weighted by Gasteiger charge is 2.61.